The highest BCUT2D eigenvalue weighted by Crippen LogP contribution is 2.18. The molecule has 0 aromatic rings. The van der Waals surface area contributed by atoms with Gasteiger partial charge in [-0.05, 0) is 12.8 Å². The second kappa shape index (κ2) is 6.97. The van der Waals surface area contributed by atoms with Crippen molar-refractivity contribution in [2.45, 2.75) is 51.7 Å². The van der Waals surface area contributed by atoms with Crippen LogP contribution in [0, 0.1) is 5.92 Å². The van der Waals surface area contributed by atoms with Gasteiger partial charge in [-0.2, -0.15) is 0 Å². The summed E-state index contributed by atoms with van der Waals surface area (Å²) in [6.07, 6.45) is 3.66. The molecule has 1 heterocycles. The van der Waals surface area contributed by atoms with Crippen molar-refractivity contribution in [3.63, 3.8) is 0 Å². The second-order valence-corrected chi connectivity index (χ2v) is 4.99. The first-order valence-corrected chi connectivity index (χ1v) is 6.77. The van der Waals surface area contributed by atoms with Crippen LogP contribution in [-0.2, 0) is 4.79 Å². The predicted molar refractivity (Wildman–Crippen MR) is 68.7 cm³/mol. The highest BCUT2D eigenvalue weighted by Gasteiger charge is 2.33. The fourth-order valence-electron chi connectivity index (χ4n) is 2.45. The van der Waals surface area contributed by atoms with Crippen molar-refractivity contribution in [2.24, 2.45) is 5.92 Å². The summed E-state index contributed by atoms with van der Waals surface area (Å²) in [5.74, 6) is 0.307. The van der Waals surface area contributed by atoms with Crippen LogP contribution in [0.4, 0.5) is 0 Å². The van der Waals surface area contributed by atoms with Crippen molar-refractivity contribution in [3.05, 3.63) is 0 Å². The van der Waals surface area contributed by atoms with Gasteiger partial charge in [0.2, 0.25) is 5.91 Å². The number of rotatable bonds is 6. The van der Waals surface area contributed by atoms with E-state index in [0.29, 0.717) is 13.1 Å². The first-order chi connectivity index (χ1) is 8.11. The Kier molecular flexibility index (Phi) is 5.92. The SMILES string of the molecule is CCCCC(CC)C(=O)N(C)[C@H]1CNC[C@@H]1O. The first-order valence-electron chi connectivity index (χ1n) is 6.77. The molecule has 1 aliphatic heterocycles. The maximum atomic E-state index is 12.3. The summed E-state index contributed by atoms with van der Waals surface area (Å²) in [6, 6.07) is -0.0572. The zero-order valence-electron chi connectivity index (χ0n) is 11.3. The Morgan fingerprint density at radius 3 is 2.65 bits per heavy atom. The van der Waals surface area contributed by atoms with E-state index in [-0.39, 0.29) is 17.9 Å². The summed E-state index contributed by atoms with van der Waals surface area (Å²) < 4.78 is 0. The van der Waals surface area contributed by atoms with Crippen LogP contribution in [-0.4, -0.2) is 48.2 Å². The molecule has 0 saturated carbocycles. The molecule has 0 aromatic heterocycles. The Morgan fingerprint density at radius 1 is 1.47 bits per heavy atom. The fraction of sp³-hybridized carbons (Fsp3) is 0.923. The molecule has 2 N–H and O–H groups in total. The quantitative estimate of drug-likeness (QED) is 0.730. The minimum atomic E-state index is -0.423. The third-order valence-corrected chi connectivity index (χ3v) is 3.74. The number of β-amino-alcohol motifs (C(OH)–C–C–N with tert-alkyl or cyclic N) is 1. The smallest absolute Gasteiger partial charge is 0.225 e. The zero-order valence-corrected chi connectivity index (χ0v) is 11.3. The number of nitrogens with zero attached hydrogens (tertiary/aromatic N) is 1. The highest BCUT2D eigenvalue weighted by molar-refractivity contribution is 5.79. The molecule has 0 spiro atoms. The third-order valence-electron chi connectivity index (χ3n) is 3.74. The van der Waals surface area contributed by atoms with E-state index in [0.717, 1.165) is 25.7 Å². The summed E-state index contributed by atoms with van der Waals surface area (Å²) in [6.45, 7) is 5.50. The van der Waals surface area contributed by atoms with Gasteiger partial charge in [-0.15, -0.1) is 0 Å². The van der Waals surface area contributed by atoms with E-state index >= 15 is 0 Å². The van der Waals surface area contributed by atoms with Crippen molar-refractivity contribution in [3.8, 4) is 0 Å². The van der Waals surface area contributed by atoms with Crippen molar-refractivity contribution < 1.29 is 9.90 Å². The van der Waals surface area contributed by atoms with Crippen LogP contribution < -0.4 is 5.32 Å². The number of hydrogen-bond acceptors (Lipinski definition) is 3. The molecule has 4 nitrogen and oxygen atoms in total. The minimum absolute atomic E-state index is 0.0572. The molecule has 1 rings (SSSR count). The normalized spacial score (nSPS) is 25.9. The van der Waals surface area contributed by atoms with E-state index < -0.39 is 6.10 Å². The molecule has 4 heteroatoms. The van der Waals surface area contributed by atoms with Gasteiger partial charge in [0.05, 0.1) is 12.1 Å². The standard InChI is InChI=1S/C13H26N2O2/c1-4-6-7-10(5-2)13(17)15(3)11-8-14-9-12(11)16/h10-12,14,16H,4-9H2,1-3H3/t10?,11-,12-/m0/s1. The summed E-state index contributed by atoms with van der Waals surface area (Å²) in [4.78, 5) is 14.0. The molecule has 17 heavy (non-hydrogen) atoms. The van der Waals surface area contributed by atoms with Crippen molar-refractivity contribution in [2.75, 3.05) is 20.1 Å². The molecule has 3 atom stereocenters. The van der Waals surface area contributed by atoms with Crippen LogP contribution in [0.25, 0.3) is 0 Å². The Balaban J connectivity index is 2.53. The Morgan fingerprint density at radius 2 is 2.18 bits per heavy atom. The van der Waals surface area contributed by atoms with Crippen LogP contribution in [0.1, 0.15) is 39.5 Å². The highest BCUT2D eigenvalue weighted by atomic mass is 16.3. The van der Waals surface area contributed by atoms with Crippen LogP contribution in [0.3, 0.4) is 0 Å². The van der Waals surface area contributed by atoms with Crippen LogP contribution >= 0.6 is 0 Å². The third kappa shape index (κ3) is 3.68. The van der Waals surface area contributed by atoms with Crippen LogP contribution in [0.5, 0.6) is 0 Å². The second-order valence-electron chi connectivity index (χ2n) is 4.99. The van der Waals surface area contributed by atoms with Crippen molar-refractivity contribution in [1.82, 2.24) is 10.2 Å². The molecule has 1 amide bonds. The number of nitrogens with one attached hydrogen (secondary N) is 1. The maximum absolute atomic E-state index is 12.3. The van der Waals surface area contributed by atoms with E-state index in [1.54, 1.807) is 4.90 Å². The lowest BCUT2D eigenvalue weighted by Crippen LogP contribution is -2.46. The van der Waals surface area contributed by atoms with Crippen molar-refractivity contribution in [1.29, 1.82) is 0 Å². The topological polar surface area (TPSA) is 52.6 Å². The maximum Gasteiger partial charge on any atom is 0.225 e. The molecule has 1 fully saturated rings. The molecule has 1 unspecified atom stereocenters. The van der Waals surface area contributed by atoms with Gasteiger partial charge >= 0.3 is 0 Å². The number of aliphatic hydroxyl groups is 1. The summed E-state index contributed by atoms with van der Waals surface area (Å²) in [5, 5.41) is 12.9. The average Bonchev–Trinajstić information content (AvgIpc) is 2.75. The summed E-state index contributed by atoms with van der Waals surface area (Å²) in [5.41, 5.74) is 0. The van der Waals surface area contributed by atoms with E-state index in [1.165, 1.54) is 0 Å². The number of hydrogen-bond donors (Lipinski definition) is 2. The number of amides is 1. The Hall–Kier alpha value is -0.610. The predicted octanol–water partition coefficient (Wildman–Crippen LogP) is 0.994. The molecule has 0 aromatic carbocycles. The monoisotopic (exact) mass is 242 g/mol. The molecular formula is C13H26N2O2. The molecule has 100 valence electrons. The van der Waals surface area contributed by atoms with Crippen LogP contribution in [0.2, 0.25) is 0 Å². The van der Waals surface area contributed by atoms with Gasteiger partial charge in [0, 0.05) is 26.1 Å². The lowest BCUT2D eigenvalue weighted by atomic mass is 9.97. The van der Waals surface area contributed by atoms with E-state index in [9.17, 15) is 9.90 Å². The van der Waals surface area contributed by atoms with Gasteiger partial charge in [0.25, 0.3) is 0 Å². The van der Waals surface area contributed by atoms with Crippen LogP contribution in [0.15, 0.2) is 0 Å². The molecule has 0 bridgehead atoms. The lowest BCUT2D eigenvalue weighted by Gasteiger charge is -2.29. The molecule has 0 radical (unpaired) electrons. The van der Waals surface area contributed by atoms with Gasteiger partial charge in [0.1, 0.15) is 0 Å². The lowest BCUT2D eigenvalue weighted by molar-refractivity contribution is -0.138. The molecule has 1 aliphatic rings. The number of unbranched alkanes of at least 4 members (excludes halogenated alkanes) is 1. The number of aliphatic hydroxyl groups excluding tert-OH is 1. The molecular weight excluding hydrogens is 216 g/mol. The van der Waals surface area contributed by atoms with Crippen molar-refractivity contribution >= 4 is 5.91 Å². The van der Waals surface area contributed by atoms with Gasteiger partial charge in [-0.25, -0.2) is 0 Å². The molecule has 1 saturated heterocycles. The Labute approximate surface area is 104 Å². The van der Waals surface area contributed by atoms with E-state index in [4.69, 9.17) is 0 Å². The Bertz CT molecular complexity index is 246. The number of carbonyl (C=O) groups excluding carboxylic acids is 1. The number of carbonyl (C=O) groups is 1. The summed E-state index contributed by atoms with van der Waals surface area (Å²) in [7, 11) is 1.82. The fourth-order valence-corrected chi connectivity index (χ4v) is 2.45. The molecule has 0 aliphatic carbocycles. The van der Waals surface area contributed by atoms with Gasteiger partial charge in [-0.3, -0.25) is 4.79 Å². The van der Waals surface area contributed by atoms with E-state index in [1.807, 2.05) is 7.05 Å². The first kappa shape index (κ1) is 14.5. The van der Waals surface area contributed by atoms with Gasteiger partial charge in [-0.1, -0.05) is 26.7 Å². The largest absolute Gasteiger partial charge is 0.390 e. The van der Waals surface area contributed by atoms with Gasteiger partial charge < -0.3 is 15.3 Å². The van der Waals surface area contributed by atoms with E-state index in [2.05, 4.69) is 19.2 Å². The average molecular weight is 242 g/mol. The van der Waals surface area contributed by atoms with Gasteiger partial charge in [0.15, 0.2) is 0 Å². The summed E-state index contributed by atoms with van der Waals surface area (Å²) >= 11 is 0. The minimum Gasteiger partial charge on any atom is -0.390 e. The zero-order chi connectivity index (χ0) is 12.8. The number of likely N-dealkylation sites (N-methyl/N-ethyl adjacent to an activating group) is 1.